The van der Waals surface area contributed by atoms with Crippen LogP contribution in [-0.4, -0.2) is 37.0 Å². The number of nitrogens with one attached hydrogen (secondary N) is 2. The molecule has 0 aromatic heterocycles. The predicted octanol–water partition coefficient (Wildman–Crippen LogP) is 7.60. The summed E-state index contributed by atoms with van der Waals surface area (Å²) in [5.41, 5.74) is 4.95. The van der Waals surface area contributed by atoms with Crippen LogP contribution in [0.2, 0.25) is 0 Å². The standard InChI is InChI=1S/C33H37N3O5/c1-9-18-39-24-14-10-21(11-15-24)29-27-19-22(34-30(37)40-32(2,3)4)12-16-25(27)26-17-13-23(20-28(26)36(29)8)35-31(38)41-33(5,6)7/h1,10-17,19-20,29H,18H2,2-8H3,(H,34,37)(H,35,38). The molecule has 1 unspecified atom stereocenters. The van der Waals surface area contributed by atoms with E-state index in [0.29, 0.717) is 17.1 Å². The van der Waals surface area contributed by atoms with E-state index in [0.717, 1.165) is 27.9 Å². The van der Waals surface area contributed by atoms with Gasteiger partial charge in [0, 0.05) is 29.7 Å². The summed E-state index contributed by atoms with van der Waals surface area (Å²) in [6.07, 6.45) is 4.30. The SMILES string of the molecule is C#CCOc1ccc(C2c3cc(NC(=O)OC(C)(C)C)ccc3-c3ccc(NC(=O)OC(C)(C)C)cc3N2C)cc1. The second-order valence-corrected chi connectivity index (χ2v) is 11.9. The number of anilines is 3. The molecule has 0 aliphatic carbocycles. The van der Waals surface area contributed by atoms with Gasteiger partial charge in [-0.05, 0) is 94.6 Å². The van der Waals surface area contributed by atoms with Crippen LogP contribution in [0.3, 0.4) is 0 Å². The van der Waals surface area contributed by atoms with Gasteiger partial charge in [-0.25, -0.2) is 9.59 Å². The van der Waals surface area contributed by atoms with Crippen LogP contribution < -0.4 is 20.3 Å². The topological polar surface area (TPSA) is 89.1 Å². The molecule has 3 aromatic rings. The van der Waals surface area contributed by atoms with E-state index < -0.39 is 23.4 Å². The molecule has 214 valence electrons. The fourth-order valence-electron chi connectivity index (χ4n) is 4.71. The van der Waals surface area contributed by atoms with Gasteiger partial charge in [0.15, 0.2) is 0 Å². The van der Waals surface area contributed by atoms with Gasteiger partial charge in [-0.3, -0.25) is 10.6 Å². The zero-order chi connectivity index (χ0) is 29.9. The van der Waals surface area contributed by atoms with E-state index in [2.05, 4.69) is 21.5 Å². The first-order chi connectivity index (χ1) is 19.2. The molecule has 1 atom stereocenters. The summed E-state index contributed by atoms with van der Waals surface area (Å²) >= 11 is 0. The quantitative estimate of drug-likeness (QED) is 0.315. The van der Waals surface area contributed by atoms with E-state index in [-0.39, 0.29) is 12.6 Å². The molecule has 4 rings (SSSR count). The van der Waals surface area contributed by atoms with Crippen molar-refractivity contribution in [3.8, 4) is 29.2 Å². The molecule has 8 nitrogen and oxygen atoms in total. The minimum absolute atomic E-state index is 0.187. The molecule has 0 spiro atoms. The van der Waals surface area contributed by atoms with E-state index in [1.807, 2.05) is 109 Å². The van der Waals surface area contributed by atoms with Gasteiger partial charge in [-0.2, -0.15) is 0 Å². The third-order valence-electron chi connectivity index (χ3n) is 6.21. The number of nitrogens with zero attached hydrogens (tertiary/aromatic N) is 1. The Morgan fingerprint density at radius 2 is 1.37 bits per heavy atom. The Morgan fingerprint density at radius 3 is 1.90 bits per heavy atom. The zero-order valence-electron chi connectivity index (χ0n) is 24.6. The van der Waals surface area contributed by atoms with Crippen LogP contribution >= 0.6 is 0 Å². The van der Waals surface area contributed by atoms with Crippen molar-refractivity contribution in [1.29, 1.82) is 0 Å². The van der Waals surface area contributed by atoms with Gasteiger partial charge < -0.3 is 19.1 Å². The Balaban J connectivity index is 1.75. The molecule has 0 bridgehead atoms. The Hall–Kier alpha value is -4.64. The number of carbonyl (C=O) groups excluding carboxylic acids is 2. The van der Waals surface area contributed by atoms with Crippen LogP contribution in [0.15, 0.2) is 60.7 Å². The summed E-state index contributed by atoms with van der Waals surface area (Å²) in [6.45, 7) is 11.1. The average Bonchev–Trinajstić information content (AvgIpc) is 2.86. The summed E-state index contributed by atoms with van der Waals surface area (Å²) in [6, 6.07) is 19.2. The summed E-state index contributed by atoms with van der Waals surface area (Å²) in [7, 11) is 2.00. The highest BCUT2D eigenvalue weighted by atomic mass is 16.6. The van der Waals surface area contributed by atoms with Crippen molar-refractivity contribution in [1.82, 2.24) is 0 Å². The molecule has 2 amide bonds. The highest BCUT2D eigenvalue weighted by Gasteiger charge is 2.31. The van der Waals surface area contributed by atoms with Crippen molar-refractivity contribution in [2.75, 3.05) is 29.2 Å². The number of carbonyl (C=O) groups is 2. The van der Waals surface area contributed by atoms with Crippen molar-refractivity contribution < 1.29 is 23.8 Å². The molecule has 1 heterocycles. The first-order valence-electron chi connectivity index (χ1n) is 13.4. The highest BCUT2D eigenvalue weighted by molar-refractivity contribution is 5.93. The number of hydrogen-bond donors (Lipinski definition) is 2. The number of fused-ring (bicyclic) bond motifs is 3. The summed E-state index contributed by atoms with van der Waals surface area (Å²) in [5, 5.41) is 5.70. The lowest BCUT2D eigenvalue weighted by molar-refractivity contribution is 0.0624. The molecule has 0 fully saturated rings. The molecular weight excluding hydrogens is 518 g/mol. The Morgan fingerprint density at radius 1 is 0.829 bits per heavy atom. The number of hydrogen-bond acceptors (Lipinski definition) is 6. The number of terminal acetylenes is 1. The Bertz CT molecular complexity index is 1480. The predicted molar refractivity (Wildman–Crippen MR) is 163 cm³/mol. The van der Waals surface area contributed by atoms with Crippen molar-refractivity contribution in [3.63, 3.8) is 0 Å². The fraction of sp³-hybridized carbons (Fsp3) is 0.333. The summed E-state index contributed by atoms with van der Waals surface area (Å²) in [5.74, 6) is 3.15. The van der Waals surface area contributed by atoms with Crippen molar-refractivity contribution in [2.24, 2.45) is 0 Å². The highest BCUT2D eigenvalue weighted by Crippen LogP contribution is 2.48. The smallest absolute Gasteiger partial charge is 0.412 e. The van der Waals surface area contributed by atoms with Crippen molar-refractivity contribution >= 4 is 29.2 Å². The van der Waals surface area contributed by atoms with Gasteiger partial charge in [0.05, 0.1) is 6.04 Å². The van der Waals surface area contributed by atoms with E-state index in [9.17, 15) is 9.59 Å². The molecule has 3 aromatic carbocycles. The van der Waals surface area contributed by atoms with Gasteiger partial charge in [0.1, 0.15) is 23.6 Å². The molecule has 1 aliphatic heterocycles. The van der Waals surface area contributed by atoms with Gasteiger partial charge >= 0.3 is 12.2 Å². The molecule has 8 heteroatoms. The monoisotopic (exact) mass is 555 g/mol. The largest absolute Gasteiger partial charge is 0.481 e. The second-order valence-electron chi connectivity index (χ2n) is 11.9. The van der Waals surface area contributed by atoms with Crippen LogP contribution in [0.5, 0.6) is 5.75 Å². The summed E-state index contributed by atoms with van der Waals surface area (Å²) < 4.78 is 16.5. The van der Waals surface area contributed by atoms with Gasteiger partial charge in [-0.1, -0.05) is 30.2 Å². The molecule has 0 saturated heterocycles. The lowest BCUT2D eigenvalue weighted by Gasteiger charge is -2.38. The van der Waals surface area contributed by atoms with E-state index >= 15 is 0 Å². The van der Waals surface area contributed by atoms with Gasteiger partial charge in [0.2, 0.25) is 0 Å². The van der Waals surface area contributed by atoms with Crippen LogP contribution in [0.25, 0.3) is 11.1 Å². The average molecular weight is 556 g/mol. The van der Waals surface area contributed by atoms with E-state index in [4.69, 9.17) is 20.6 Å². The molecule has 2 N–H and O–H groups in total. The van der Waals surface area contributed by atoms with E-state index in [1.165, 1.54) is 0 Å². The Kier molecular flexibility index (Phi) is 8.20. The maximum atomic E-state index is 12.5. The third kappa shape index (κ3) is 7.31. The first-order valence-corrected chi connectivity index (χ1v) is 13.4. The number of ether oxygens (including phenoxy) is 3. The van der Waals surface area contributed by atoms with Crippen LogP contribution in [0.4, 0.5) is 26.7 Å². The number of benzene rings is 3. The van der Waals surface area contributed by atoms with E-state index in [1.54, 1.807) is 0 Å². The normalized spacial score (nSPS) is 14.2. The van der Waals surface area contributed by atoms with Crippen molar-refractivity contribution in [3.05, 3.63) is 71.8 Å². The first kappa shape index (κ1) is 29.3. The second kappa shape index (κ2) is 11.5. The Labute approximate surface area is 242 Å². The maximum Gasteiger partial charge on any atom is 0.412 e. The third-order valence-corrected chi connectivity index (χ3v) is 6.21. The number of amides is 2. The zero-order valence-corrected chi connectivity index (χ0v) is 24.6. The fourth-order valence-corrected chi connectivity index (χ4v) is 4.71. The van der Waals surface area contributed by atoms with Crippen molar-refractivity contribution in [2.45, 2.75) is 58.8 Å². The molecule has 1 aliphatic rings. The van der Waals surface area contributed by atoms with Crippen LogP contribution in [0, 0.1) is 12.3 Å². The van der Waals surface area contributed by atoms with Crippen LogP contribution in [0.1, 0.15) is 58.7 Å². The van der Waals surface area contributed by atoms with Gasteiger partial charge in [0.25, 0.3) is 0 Å². The molecule has 0 radical (unpaired) electrons. The molecule has 41 heavy (non-hydrogen) atoms. The van der Waals surface area contributed by atoms with Gasteiger partial charge in [-0.15, -0.1) is 6.42 Å². The lowest BCUT2D eigenvalue weighted by Crippen LogP contribution is -2.30. The van der Waals surface area contributed by atoms with Crippen LogP contribution in [-0.2, 0) is 9.47 Å². The minimum atomic E-state index is -0.617. The molecule has 0 saturated carbocycles. The molecular formula is C33H37N3O5. The number of rotatable bonds is 5. The maximum absolute atomic E-state index is 12.5. The lowest BCUT2D eigenvalue weighted by atomic mass is 9.84. The minimum Gasteiger partial charge on any atom is -0.481 e. The summed E-state index contributed by atoms with van der Waals surface area (Å²) in [4.78, 5) is 27.1.